The highest BCUT2D eigenvalue weighted by atomic mass is 31.2. The number of hydrogen-bond acceptors (Lipinski definition) is 10. The third-order valence-corrected chi connectivity index (χ3v) is 12.3. The van der Waals surface area contributed by atoms with E-state index in [0.29, 0.717) is 23.0 Å². The second kappa shape index (κ2) is 12.3. The summed E-state index contributed by atoms with van der Waals surface area (Å²) < 4.78 is 37.3. The number of nitrogens with zero attached hydrogens (tertiary/aromatic N) is 2. The molecule has 56 heavy (non-hydrogen) atoms. The Morgan fingerprint density at radius 1 is 1.04 bits per heavy atom. The third kappa shape index (κ3) is 5.14. The summed E-state index contributed by atoms with van der Waals surface area (Å²) in [6, 6.07) is 17.6. The van der Waals surface area contributed by atoms with Crippen molar-refractivity contribution in [1.29, 1.82) is 0 Å². The van der Waals surface area contributed by atoms with E-state index in [9.17, 15) is 23.9 Å². The molecule has 10 rings (SSSR count). The van der Waals surface area contributed by atoms with E-state index in [1.807, 2.05) is 32.0 Å². The van der Waals surface area contributed by atoms with Gasteiger partial charge in [0.1, 0.15) is 23.3 Å². The van der Waals surface area contributed by atoms with Crippen molar-refractivity contribution in [3.05, 3.63) is 112 Å². The van der Waals surface area contributed by atoms with Crippen LogP contribution >= 0.6 is 7.82 Å². The lowest BCUT2D eigenvalue weighted by Gasteiger charge is -2.29. The Bertz CT molecular complexity index is 2580. The van der Waals surface area contributed by atoms with Crippen LogP contribution in [0.5, 0.6) is 5.75 Å². The molecule has 4 aliphatic heterocycles. The highest BCUT2D eigenvalue weighted by molar-refractivity contribution is 7.46. The van der Waals surface area contributed by atoms with Gasteiger partial charge in [-0.2, -0.15) is 0 Å². The van der Waals surface area contributed by atoms with E-state index in [4.69, 9.17) is 28.1 Å². The van der Waals surface area contributed by atoms with Gasteiger partial charge < -0.3 is 34.0 Å². The van der Waals surface area contributed by atoms with Gasteiger partial charge in [0, 0.05) is 40.3 Å². The minimum Gasteiger partial charge on any atom is -0.469 e. The van der Waals surface area contributed by atoms with Crippen LogP contribution in [0, 0.1) is 17.8 Å². The molecular weight excluding hydrogens is 735 g/mol. The fraction of sp³-hybridized carbons (Fsp3) is 0.333. The minimum absolute atomic E-state index is 0.144. The Morgan fingerprint density at radius 2 is 1.84 bits per heavy atom. The number of benzene rings is 3. The van der Waals surface area contributed by atoms with Crippen molar-refractivity contribution < 1.29 is 42.0 Å². The quantitative estimate of drug-likeness (QED) is 0.126. The first kappa shape index (κ1) is 35.1. The van der Waals surface area contributed by atoms with E-state index in [0.717, 1.165) is 51.1 Å². The van der Waals surface area contributed by atoms with E-state index in [1.165, 1.54) is 5.56 Å². The maximum atomic E-state index is 14.4. The molecule has 13 nitrogen and oxygen atoms in total. The molecule has 3 aromatic carbocycles. The molecule has 1 aliphatic carbocycles. The van der Waals surface area contributed by atoms with Crippen LogP contribution in [0.3, 0.4) is 0 Å². The van der Waals surface area contributed by atoms with Gasteiger partial charge in [-0.1, -0.05) is 82.3 Å². The van der Waals surface area contributed by atoms with Gasteiger partial charge in [0.25, 0.3) is 0 Å². The average Bonchev–Trinajstić information content (AvgIpc) is 3.98. The Hall–Kier alpha value is -5.33. The van der Waals surface area contributed by atoms with Crippen molar-refractivity contribution in [1.82, 2.24) is 15.3 Å². The molecule has 14 heteroatoms. The Kier molecular flexibility index (Phi) is 7.73. The average molecular weight is 775 g/mol. The predicted octanol–water partition coefficient (Wildman–Crippen LogP) is 6.85. The van der Waals surface area contributed by atoms with Crippen molar-refractivity contribution in [2.24, 2.45) is 17.8 Å². The number of oxazole rings is 2. The molecule has 5 aromatic rings. The normalized spacial score (nSPS) is 23.0. The second-order valence-corrected chi connectivity index (χ2v) is 17.2. The highest BCUT2D eigenvalue weighted by Crippen LogP contribution is 2.61. The number of Topliss-reactive ketones (excluding diaryl/α,β-unsaturated/α-hetero) is 1. The monoisotopic (exact) mass is 774 g/mol. The number of phosphoric acid groups is 1. The van der Waals surface area contributed by atoms with E-state index in [1.54, 1.807) is 20.0 Å². The van der Waals surface area contributed by atoms with Crippen molar-refractivity contribution in [3.63, 3.8) is 0 Å². The molecule has 0 radical (unpaired) electrons. The van der Waals surface area contributed by atoms with Crippen molar-refractivity contribution in [2.45, 2.75) is 70.7 Å². The SMILES string of the molecule is CC(C)C(OP(=O)(O)O)C(=O)CC1Cc2ccc3c(c2)C24c5cccc(c5NC2O3)-c2cccc3c2C(=CC3)c2cnc(o2)-c2nc(oc24)C(C(C)C)NC1=O. The lowest BCUT2D eigenvalue weighted by molar-refractivity contribution is -0.134. The van der Waals surface area contributed by atoms with Gasteiger partial charge in [0.05, 0.1) is 6.20 Å². The van der Waals surface area contributed by atoms with Crippen molar-refractivity contribution >= 4 is 30.8 Å². The van der Waals surface area contributed by atoms with E-state index < -0.39 is 55.1 Å². The smallest absolute Gasteiger partial charge is 0.469 e. The molecule has 0 fully saturated rings. The van der Waals surface area contributed by atoms with Crippen LogP contribution in [0.1, 0.15) is 85.4 Å². The second-order valence-electron chi connectivity index (χ2n) is 16.0. The number of amides is 1. The Labute approximate surface area is 321 Å². The van der Waals surface area contributed by atoms with Gasteiger partial charge in [0.2, 0.25) is 17.7 Å². The molecule has 2 aromatic heterocycles. The first-order valence-electron chi connectivity index (χ1n) is 18.9. The largest absolute Gasteiger partial charge is 0.470 e. The van der Waals surface area contributed by atoms with Gasteiger partial charge >= 0.3 is 7.82 Å². The first-order valence-corrected chi connectivity index (χ1v) is 20.4. The number of carbonyl (C=O) groups is 2. The standard InChI is InChI=1S/C42H39N4O9P/c1-19(2)33-40-45-35-37(54-40)42-27-10-6-9-25(24-8-5-7-22-12-13-26(32(22)24)31-18-43-39(35)52-31)34(27)46-41(42)53-30-14-11-21(16-28(30)42)15-23(38(48)44-33)17-29(47)36(20(3)4)55-56(49,50)51/h5-11,13-14,16,18-20,23,33,36,41,46H,12,15,17H2,1-4H3,(H,44,48)(H2,49,50,51). The lowest BCUT2D eigenvalue weighted by Crippen LogP contribution is -2.41. The lowest BCUT2D eigenvalue weighted by atomic mass is 9.71. The highest BCUT2D eigenvalue weighted by Gasteiger charge is 2.62. The number of carbonyl (C=O) groups excluding carboxylic acids is 2. The maximum absolute atomic E-state index is 14.4. The number of fused-ring (bicyclic) bond motifs is 7. The number of nitrogens with one attached hydrogen (secondary N) is 2. The molecule has 1 amide bonds. The summed E-state index contributed by atoms with van der Waals surface area (Å²) in [4.78, 5) is 57.3. The molecule has 6 heterocycles. The molecule has 286 valence electrons. The summed E-state index contributed by atoms with van der Waals surface area (Å²) in [6.45, 7) is 7.16. The van der Waals surface area contributed by atoms with Crippen LogP contribution in [0.25, 0.3) is 28.3 Å². The summed E-state index contributed by atoms with van der Waals surface area (Å²) in [6.07, 6.45) is 2.37. The maximum Gasteiger partial charge on any atom is 0.470 e. The van der Waals surface area contributed by atoms with Crippen LogP contribution in [0.15, 0.2) is 75.7 Å². The summed E-state index contributed by atoms with van der Waals surface area (Å²) in [5.41, 5.74) is 7.88. The Balaban J connectivity index is 1.22. The number of aromatic nitrogens is 2. The number of anilines is 1. The number of ketones is 1. The fourth-order valence-corrected chi connectivity index (χ4v) is 9.93. The van der Waals surface area contributed by atoms with Crippen LogP contribution in [0.4, 0.5) is 5.69 Å². The number of para-hydroxylation sites is 1. The third-order valence-electron chi connectivity index (χ3n) is 11.8. The molecule has 4 N–H and O–H groups in total. The van der Waals surface area contributed by atoms with E-state index >= 15 is 0 Å². The zero-order valence-corrected chi connectivity index (χ0v) is 31.9. The molecule has 5 unspecified atom stereocenters. The number of allylic oxidation sites excluding steroid dienone is 1. The summed E-state index contributed by atoms with van der Waals surface area (Å²) in [5, 5.41) is 6.90. The first-order chi connectivity index (χ1) is 26.8. The van der Waals surface area contributed by atoms with E-state index in [2.05, 4.69) is 53.1 Å². The van der Waals surface area contributed by atoms with Crippen LogP contribution in [-0.2, 0) is 36.9 Å². The molecule has 0 saturated heterocycles. The molecule has 5 atom stereocenters. The summed E-state index contributed by atoms with van der Waals surface area (Å²) >= 11 is 0. The van der Waals surface area contributed by atoms with Gasteiger partial charge in [0.15, 0.2) is 29.2 Å². The number of phosphoric ester groups is 1. The predicted molar refractivity (Wildman–Crippen MR) is 203 cm³/mol. The van der Waals surface area contributed by atoms with Gasteiger partial charge in [-0.05, 0) is 53.0 Å². The molecule has 1 spiro atoms. The number of rotatable bonds is 7. The summed E-state index contributed by atoms with van der Waals surface area (Å²) in [7, 11) is -5.00. The van der Waals surface area contributed by atoms with E-state index in [-0.39, 0.29) is 30.5 Å². The summed E-state index contributed by atoms with van der Waals surface area (Å²) in [5.74, 6) is -0.574. The van der Waals surface area contributed by atoms with Crippen LogP contribution < -0.4 is 15.4 Å². The zero-order valence-electron chi connectivity index (χ0n) is 31.0. The molecule has 5 aliphatic rings. The molecule has 0 saturated carbocycles. The van der Waals surface area contributed by atoms with Gasteiger partial charge in [-0.25, -0.2) is 14.5 Å². The number of hydrogen-bond donors (Lipinski definition) is 4. The van der Waals surface area contributed by atoms with Crippen molar-refractivity contribution in [3.8, 4) is 28.5 Å². The van der Waals surface area contributed by atoms with Gasteiger partial charge in [-0.3, -0.25) is 14.1 Å². The van der Waals surface area contributed by atoms with Crippen molar-refractivity contribution in [2.75, 3.05) is 5.32 Å². The molecule has 10 bridgehead atoms. The Morgan fingerprint density at radius 3 is 2.62 bits per heavy atom. The fourth-order valence-electron chi connectivity index (χ4n) is 9.28. The molecular formula is C42H39N4O9P. The number of ether oxygens (including phenoxy) is 1. The van der Waals surface area contributed by atoms with Crippen LogP contribution in [-0.4, -0.2) is 43.8 Å². The topological polar surface area (TPSA) is 186 Å². The van der Waals surface area contributed by atoms with Crippen LogP contribution in [0.2, 0.25) is 0 Å². The minimum atomic E-state index is -5.00. The zero-order chi connectivity index (χ0) is 38.8. The van der Waals surface area contributed by atoms with Gasteiger partial charge in [-0.15, -0.1) is 0 Å².